The molecule has 0 atom stereocenters. The number of nitrogens with one attached hydrogen (secondary N) is 1. The topological polar surface area (TPSA) is 127 Å². The molecular formula is C14H11ClN2O5S. The van der Waals surface area contributed by atoms with Crippen LogP contribution in [0.25, 0.3) is 0 Å². The summed E-state index contributed by atoms with van der Waals surface area (Å²) in [5.41, 5.74) is 0.123. The molecule has 0 bridgehead atoms. The molecule has 0 saturated carbocycles. The monoisotopic (exact) mass is 354 g/mol. The molecule has 0 aromatic heterocycles. The number of anilines is 1. The van der Waals surface area contributed by atoms with Gasteiger partial charge < -0.3 is 10.4 Å². The fourth-order valence-corrected chi connectivity index (χ4v) is 2.53. The average molecular weight is 355 g/mol. The van der Waals surface area contributed by atoms with Crippen molar-refractivity contribution in [3.8, 4) is 0 Å². The summed E-state index contributed by atoms with van der Waals surface area (Å²) in [6.45, 7) is 0. The molecule has 2 rings (SSSR count). The largest absolute Gasteiger partial charge is 0.478 e. The second kappa shape index (κ2) is 6.37. The first kappa shape index (κ1) is 16.9. The van der Waals surface area contributed by atoms with Gasteiger partial charge in [-0.3, -0.25) is 4.79 Å². The van der Waals surface area contributed by atoms with Crippen LogP contribution in [0.1, 0.15) is 20.7 Å². The minimum absolute atomic E-state index is 0.00724. The van der Waals surface area contributed by atoms with E-state index in [9.17, 15) is 18.0 Å². The van der Waals surface area contributed by atoms with Gasteiger partial charge in [-0.2, -0.15) is 0 Å². The molecule has 2 aromatic rings. The number of hydrogen-bond donors (Lipinski definition) is 3. The Morgan fingerprint density at radius 1 is 1.13 bits per heavy atom. The number of aromatic carboxylic acids is 1. The van der Waals surface area contributed by atoms with Crippen molar-refractivity contribution in [3.05, 3.63) is 58.6 Å². The molecule has 0 saturated heterocycles. The van der Waals surface area contributed by atoms with E-state index in [1.54, 1.807) is 0 Å². The Kier molecular flexibility index (Phi) is 4.69. The first-order valence-corrected chi connectivity index (χ1v) is 8.08. The Balaban J connectivity index is 2.34. The minimum atomic E-state index is -3.98. The quantitative estimate of drug-likeness (QED) is 0.773. The first-order valence-electron chi connectivity index (χ1n) is 6.15. The number of carbonyl (C=O) groups excluding carboxylic acids is 1. The number of halogens is 1. The number of hydrogen-bond acceptors (Lipinski definition) is 4. The zero-order valence-corrected chi connectivity index (χ0v) is 13.1. The molecule has 2 aromatic carbocycles. The summed E-state index contributed by atoms with van der Waals surface area (Å²) in [4.78, 5) is 22.9. The van der Waals surface area contributed by atoms with E-state index in [1.807, 2.05) is 0 Å². The molecule has 7 nitrogen and oxygen atoms in total. The van der Waals surface area contributed by atoms with Crippen LogP contribution in [-0.4, -0.2) is 25.4 Å². The molecule has 120 valence electrons. The summed E-state index contributed by atoms with van der Waals surface area (Å²) in [7, 11) is -3.98. The number of nitrogens with two attached hydrogens (primary N) is 1. The molecule has 0 aliphatic rings. The normalized spacial score (nSPS) is 11.0. The number of amides is 1. The van der Waals surface area contributed by atoms with Gasteiger partial charge in [0.05, 0.1) is 21.0 Å². The van der Waals surface area contributed by atoms with Crippen molar-refractivity contribution < 1.29 is 23.1 Å². The lowest BCUT2D eigenvalue weighted by Gasteiger charge is -2.09. The van der Waals surface area contributed by atoms with Crippen molar-refractivity contribution in [2.24, 2.45) is 5.14 Å². The molecule has 0 aliphatic heterocycles. The van der Waals surface area contributed by atoms with Crippen LogP contribution < -0.4 is 10.5 Å². The summed E-state index contributed by atoms with van der Waals surface area (Å²) < 4.78 is 22.7. The predicted octanol–water partition coefficient (Wildman–Crippen LogP) is 1.94. The summed E-state index contributed by atoms with van der Waals surface area (Å²) in [5.74, 6) is -1.83. The maximum absolute atomic E-state index is 12.2. The highest BCUT2D eigenvalue weighted by molar-refractivity contribution is 7.89. The van der Waals surface area contributed by atoms with E-state index >= 15 is 0 Å². The molecule has 0 unspecified atom stereocenters. The summed E-state index contributed by atoms with van der Waals surface area (Å²) in [6.07, 6.45) is 0. The average Bonchev–Trinajstić information content (AvgIpc) is 2.46. The Morgan fingerprint density at radius 3 is 2.43 bits per heavy atom. The molecule has 0 radical (unpaired) electrons. The lowest BCUT2D eigenvalue weighted by Crippen LogP contribution is -2.16. The van der Waals surface area contributed by atoms with Crippen molar-refractivity contribution in [2.45, 2.75) is 4.90 Å². The Morgan fingerprint density at radius 2 is 1.83 bits per heavy atom. The smallest absolute Gasteiger partial charge is 0.335 e. The highest BCUT2D eigenvalue weighted by Gasteiger charge is 2.16. The summed E-state index contributed by atoms with van der Waals surface area (Å²) in [5, 5.41) is 16.4. The third-order valence-corrected chi connectivity index (χ3v) is 4.12. The molecule has 0 fully saturated rings. The van der Waals surface area contributed by atoms with Crippen molar-refractivity contribution in [1.29, 1.82) is 0 Å². The Hall–Kier alpha value is -2.42. The molecule has 0 heterocycles. The summed E-state index contributed by atoms with van der Waals surface area (Å²) in [6, 6.07) is 9.05. The SMILES string of the molecule is NS(=O)(=O)c1ccc(Cl)c(C(=O)Nc2cccc(C(=O)O)c2)c1. The standard InChI is InChI=1S/C14H11ClN2O5S/c15-12-5-4-10(23(16,21)22)7-11(12)13(18)17-9-3-1-2-8(6-9)14(19)20/h1-7H,(H,17,18)(H,19,20)(H2,16,21,22). The van der Waals surface area contributed by atoms with E-state index in [0.29, 0.717) is 0 Å². The maximum Gasteiger partial charge on any atom is 0.335 e. The molecular weight excluding hydrogens is 344 g/mol. The molecule has 4 N–H and O–H groups in total. The van der Waals surface area contributed by atoms with E-state index in [0.717, 1.165) is 6.07 Å². The third kappa shape index (κ3) is 4.07. The van der Waals surface area contributed by atoms with Crippen LogP contribution in [0.3, 0.4) is 0 Å². The van der Waals surface area contributed by atoms with Gasteiger partial charge in [0.1, 0.15) is 0 Å². The molecule has 0 aliphatic carbocycles. The van der Waals surface area contributed by atoms with Crippen LogP contribution in [0.4, 0.5) is 5.69 Å². The van der Waals surface area contributed by atoms with Gasteiger partial charge in [0, 0.05) is 5.69 Å². The number of benzene rings is 2. The van der Waals surface area contributed by atoms with Crippen molar-refractivity contribution >= 4 is 39.2 Å². The third-order valence-electron chi connectivity index (χ3n) is 2.88. The molecule has 0 spiro atoms. The van der Waals surface area contributed by atoms with Gasteiger partial charge in [-0.15, -0.1) is 0 Å². The number of rotatable bonds is 4. The van der Waals surface area contributed by atoms with Gasteiger partial charge in [-0.05, 0) is 36.4 Å². The predicted molar refractivity (Wildman–Crippen MR) is 84.2 cm³/mol. The van der Waals surface area contributed by atoms with E-state index < -0.39 is 21.9 Å². The zero-order chi connectivity index (χ0) is 17.2. The van der Waals surface area contributed by atoms with Crippen molar-refractivity contribution in [2.75, 3.05) is 5.32 Å². The van der Waals surface area contributed by atoms with E-state index in [2.05, 4.69) is 5.32 Å². The van der Waals surface area contributed by atoms with Crippen LogP contribution in [0.15, 0.2) is 47.4 Å². The van der Waals surface area contributed by atoms with Crippen molar-refractivity contribution in [3.63, 3.8) is 0 Å². The van der Waals surface area contributed by atoms with Crippen LogP contribution in [0, 0.1) is 0 Å². The Labute approximate surface area is 136 Å². The van der Waals surface area contributed by atoms with Crippen LogP contribution in [0.2, 0.25) is 5.02 Å². The maximum atomic E-state index is 12.2. The first-order chi connectivity index (χ1) is 10.7. The van der Waals surface area contributed by atoms with Gasteiger partial charge in [0.15, 0.2) is 0 Å². The number of carboxylic acid groups (broad SMARTS) is 1. The van der Waals surface area contributed by atoms with Crippen LogP contribution in [0.5, 0.6) is 0 Å². The second-order valence-corrected chi connectivity index (χ2v) is 6.50. The molecule has 9 heteroatoms. The number of primary sulfonamides is 1. The van der Waals surface area contributed by atoms with Gasteiger partial charge in [-0.1, -0.05) is 17.7 Å². The number of sulfonamides is 1. The van der Waals surface area contributed by atoms with Gasteiger partial charge >= 0.3 is 5.97 Å². The Bertz CT molecular complexity index is 896. The van der Waals surface area contributed by atoms with Gasteiger partial charge in [-0.25, -0.2) is 18.4 Å². The van der Waals surface area contributed by atoms with E-state index in [1.165, 1.54) is 36.4 Å². The van der Waals surface area contributed by atoms with E-state index in [4.69, 9.17) is 21.8 Å². The van der Waals surface area contributed by atoms with Crippen molar-refractivity contribution in [1.82, 2.24) is 0 Å². The fraction of sp³-hybridized carbons (Fsp3) is 0. The van der Waals surface area contributed by atoms with E-state index in [-0.39, 0.29) is 26.7 Å². The molecule has 23 heavy (non-hydrogen) atoms. The highest BCUT2D eigenvalue weighted by atomic mass is 35.5. The minimum Gasteiger partial charge on any atom is -0.478 e. The number of carboxylic acids is 1. The van der Waals surface area contributed by atoms with Crippen LogP contribution >= 0.6 is 11.6 Å². The summed E-state index contributed by atoms with van der Waals surface area (Å²) >= 11 is 5.90. The number of carbonyl (C=O) groups is 2. The highest BCUT2D eigenvalue weighted by Crippen LogP contribution is 2.21. The van der Waals surface area contributed by atoms with Crippen LogP contribution in [-0.2, 0) is 10.0 Å². The van der Waals surface area contributed by atoms with Gasteiger partial charge in [0.25, 0.3) is 5.91 Å². The lowest BCUT2D eigenvalue weighted by molar-refractivity contribution is 0.0696. The zero-order valence-electron chi connectivity index (χ0n) is 11.5. The van der Waals surface area contributed by atoms with Gasteiger partial charge in [0.2, 0.25) is 10.0 Å². The molecule has 1 amide bonds. The fourth-order valence-electron chi connectivity index (χ4n) is 1.78. The lowest BCUT2D eigenvalue weighted by atomic mass is 10.1. The second-order valence-electron chi connectivity index (χ2n) is 4.53.